The molecule has 0 aromatic heterocycles. The summed E-state index contributed by atoms with van der Waals surface area (Å²) in [6.45, 7) is 3.34. The van der Waals surface area contributed by atoms with E-state index in [2.05, 4.69) is 4.74 Å². The van der Waals surface area contributed by atoms with Gasteiger partial charge in [-0.1, -0.05) is 13.8 Å². The number of nitrogens with two attached hydrogens (primary N) is 2. The Morgan fingerprint density at radius 2 is 1.61 bits per heavy atom. The van der Waals surface area contributed by atoms with Crippen LogP contribution in [0.3, 0.4) is 0 Å². The van der Waals surface area contributed by atoms with Gasteiger partial charge in [-0.05, 0) is 5.92 Å². The first kappa shape index (κ1) is 16.3. The van der Waals surface area contributed by atoms with Crippen molar-refractivity contribution in [3.8, 4) is 0 Å². The summed E-state index contributed by atoms with van der Waals surface area (Å²) in [7, 11) is 0. The summed E-state index contributed by atoms with van der Waals surface area (Å²) in [5.74, 6) is -3.95. The summed E-state index contributed by atoms with van der Waals surface area (Å²) in [5, 5.41) is 17.4. The zero-order valence-corrected chi connectivity index (χ0v) is 10.2. The van der Waals surface area contributed by atoms with Crippen molar-refractivity contribution in [1.29, 1.82) is 0 Å². The van der Waals surface area contributed by atoms with Crippen molar-refractivity contribution in [2.45, 2.75) is 38.5 Å². The molecule has 0 saturated heterocycles. The van der Waals surface area contributed by atoms with Gasteiger partial charge in [-0.2, -0.15) is 0 Å². The molecular weight excluding hydrogens is 244 g/mol. The van der Waals surface area contributed by atoms with E-state index in [1.807, 2.05) is 0 Å². The molecule has 8 heteroatoms. The van der Waals surface area contributed by atoms with E-state index in [9.17, 15) is 14.4 Å². The number of aliphatic carboxylic acids is 2. The fourth-order valence-corrected chi connectivity index (χ4v) is 1.02. The zero-order valence-electron chi connectivity index (χ0n) is 10.2. The van der Waals surface area contributed by atoms with Crippen LogP contribution in [0.5, 0.6) is 0 Å². The van der Waals surface area contributed by atoms with Gasteiger partial charge in [0.1, 0.15) is 12.1 Å². The Bertz CT molecular complexity index is 330. The molecule has 18 heavy (non-hydrogen) atoms. The maximum Gasteiger partial charge on any atom is 0.345 e. The number of hydrogen-bond donors (Lipinski definition) is 4. The first-order valence-electron chi connectivity index (χ1n) is 5.34. The molecular formula is C10H18N2O6. The van der Waals surface area contributed by atoms with E-state index < -0.39 is 42.5 Å². The number of carboxylic acid groups (broad SMARTS) is 2. The minimum atomic E-state index is -1.62. The molecule has 0 rings (SSSR count). The second-order valence-electron chi connectivity index (χ2n) is 4.21. The summed E-state index contributed by atoms with van der Waals surface area (Å²) in [6.07, 6.45) is -2.13. The van der Waals surface area contributed by atoms with E-state index in [4.69, 9.17) is 21.7 Å². The Hall–Kier alpha value is -1.67. The first-order chi connectivity index (χ1) is 8.16. The molecule has 104 valence electrons. The molecule has 8 nitrogen and oxygen atoms in total. The molecule has 0 saturated carbocycles. The van der Waals surface area contributed by atoms with Crippen LogP contribution >= 0.6 is 0 Å². The standard InChI is InChI=1S/C10H18N2O6/c1-4(2)7(12)10(17)18-6(9(15)16)3-5(11)8(13)14/h4-7H,3,11-12H2,1-2H3,(H,13,14)(H,15,16)/t5-,6?,7+/m0/s1. The van der Waals surface area contributed by atoms with Crippen molar-refractivity contribution in [3.05, 3.63) is 0 Å². The number of rotatable bonds is 7. The van der Waals surface area contributed by atoms with Crippen LogP contribution < -0.4 is 11.5 Å². The molecule has 0 aliphatic heterocycles. The number of carboxylic acids is 2. The second kappa shape index (κ2) is 6.92. The van der Waals surface area contributed by atoms with Gasteiger partial charge < -0.3 is 26.4 Å². The summed E-state index contributed by atoms with van der Waals surface area (Å²) in [5.41, 5.74) is 10.7. The highest BCUT2D eigenvalue weighted by Crippen LogP contribution is 2.07. The van der Waals surface area contributed by atoms with Crippen LogP contribution in [0, 0.1) is 5.92 Å². The summed E-state index contributed by atoms with van der Waals surface area (Å²) in [6, 6.07) is -2.39. The Labute approximate surface area is 104 Å². The van der Waals surface area contributed by atoms with Crippen LogP contribution in [-0.2, 0) is 19.1 Å². The summed E-state index contributed by atoms with van der Waals surface area (Å²) >= 11 is 0. The van der Waals surface area contributed by atoms with E-state index in [0.717, 1.165) is 0 Å². The monoisotopic (exact) mass is 262 g/mol. The smallest absolute Gasteiger partial charge is 0.345 e. The lowest BCUT2D eigenvalue weighted by Gasteiger charge is -2.19. The van der Waals surface area contributed by atoms with Crippen molar-refractivity contribution >= 4 is 17.9 Å². The number of carbonyl (C=O) groups is 3. The molecule has 1 unspecified atom stereocenters. The van der Waals surface area contributed by atoms with Crippen molar-refractivity contribution < 1.29 is 29.3 Å². The number of esters is 1. The average molecular weight is 262 g/mol. The van der Waals surface area contributed by atoms with Crippen LogP contribution in [0.4, 0.5) is 0 Å². The van der Waals surface area contributed by atoms with Gasteiger partial charge in [0.05, 0.1) is 0 Å². The SMILES string of the molecule is CC(C)[C@@H](N)C(=O)OC(C[C@H](N)C(=O)O)C(=O)O. The van der Waals surface area contributed by atoms with Crippen LogP contribution in [0.25, 0.3) is 0 Å². The summed E-state index contributed by atoms with van der Waals surface area (Å²) in [4.78, 5) is 32.8. The van der Waals surface area contributed by atoms with Gasteiger partial charge >= 0.3 is 17.9 Å². The topological polar surface area (TPSA) is 153 Å². The molecule has 6 N–H and O–H groups in total. The van der Waals surface area contributed by atoms with E-state index in [-0.39, 0.29) is 5.92 Å². The van der Waals surface area contributed by atoms with E-state index >= 15 is 0 Å². The fourth-order valence-electron chi connectivity index (χ4n) is 1.02. The first-order valence-corrected chi connectivity index (χ1v) is 5.34. The van der Waals surface area contributed by atoms with Gasteiger partial charge in [0, 0.05) is 6.42 Å². The number of carbonyl (C=O) groups excluding carboxylic acids is 1. The Morgan fingerprint density at radius 3 is 1.94 bits per heavy atom. The van der Waals surface area contributed by atoms with Gasteiger partial charge in [-0.25, -0.2) is 4.79 Å². The van der Waals surface area contributed by atoms with Crippen molar-refractivity contribution in [2.75, 3.05) is 0 Å². The number of ether oxygens (including phenoxy) is 1. The third-order valence-corrected chi connectivity index (χ3v) is 2.31. The van der Waals surface area contributed by atoms with Gasteiger partial charge in [-0.15, -0.1) is 0 Å². The van der Waals surface area contributed by atoms with Crippen molar-refractivity contribution in [3.63, 3.8) is 0 Å². The van der Waals surface area contributed by atoms with Gasteiger partial charge in [-0.3, -0.25) is 9.59 Å². The lowest BCUT2D eigenvalue weighted by molar-refractivity contribution is -0.167. The van der Waals surface area contributed by atoms with Gasteiger partial charge in [0.15, 0.2) is 0 Å². The molecule has 0 aliphatic carbocycles. The van der Waals surface area contributed by atoms with E-state index in [0.29, 0.717) is 0 Å². The largest absolute Gasteiger partial charge is 0.480 e. The molecule has 0 heterocycles. The molecule has 0 radical (unpaired) electrons. The molecule has 0 fully saturated rings. The molecule has 0 aliphatic rings. The minimum Gasteiger partial charge on any atom is -0.480 e. The van der Waals surface area contributed by atoms with Crippen molar-refractivity contribution in [2.24, 2.45) is 17.4 Å². The van der Waals surface area contributed by atoms with Gasteiger partial charge in [0.25, 0.3) is 0 Å². The maximum absolute atomic E-state index is 11.5. The highest BCUT2D eigenvalue weighted by atomic mass is 16.6. The zero-order chi connectivity index (χ0) is 14.5. The normalized spacial score (nSPS) is 15.8. The Morgan fingerprint density at radius 1 is 1.11 bits per heavy atom. The number of hydrogen-bond acceptors (Lipinski definition) is 6. The molecule has 3 atom stereocenters. The fraction of sp³-hybridized carbons (Fsp3) is 0.700. The molecule has 0 spiro atoms. The average Bonchev–Trinajstić information content (AvgIpc) is 2.26. The maximum atomic E-state index is 11.5. The Kier molecular flexibility index (Phi) is 6.28. The predicted octanol–water partition coefficient (Wildman–Crippen LogP) is -1.23. The highest BCUT2D eigenvalue weighted by molar-refractivity contribution is 5.82. The Balaban J connectivity index is 4.60. The van der Waals surface area contributed by atoms with E-state index in [1.54, 1.807) is 13.8 Å². The third kappa shape index (κ3) is 5.11. The van der Waals surface area contributed by atoms with E-state index in [1.165, 1.54) is 0 Å². The predicted molar refractivity (Wildman–Crippen MR) is 60.6 cm³/mol. The van der Waals surface area contributed by atoms with Crippen LogP contribution in [0.2, 0.25) is 0 Å². The highest BCUT2D eigenvalue weighted by Gasteiger charge is 2.30. The quantitative estimate of drug-likeness (QED) is 0.416. The molecule has 0 aromatic rings. The second-order valence-corrected chi connectivity index (χ2v) is 4.21. The lowest BCUT2D eigenvalue weighted by atomic mass is 10.1. The minimum absolute atomic E-state index is 0.222. The van der Waals surface area contributed by atoms with Crippen LogP contribution in [0.15, 0.2) is 0 Å². The third-order valence-electron chi connectivity index (χ3n) is 2.31. The molecule has 0 aromatic carbocycles. The van der Waals surface area contributed by atoms with Crippen molar-refractivity contribution in [1.82, 2.24) is 0 Å². The van der Waals surface area contributed by atoms with Gasteiger partial charge in [0.2, 0.25) is 6.10 Å². The molecule has 0 amide bonds. The lowest BCUT2D eigenvalue weighted by Crippen LogP contribution is -2.43. The van der Waals surface area contributed by atoms with Crippen LogP contribution in [0.1, 0.15) is 20.3 Å². The summed E-state index contributed by atoms with van der Waals surface area (Å²) < 4.78 is 4.65. The van der Waals surface area contributed by atoms with Crippen LogP contribution in [-0.4, -0.2) is 46.3 Å². The molecule has 0 bridgehead atoms.